The molecule has 0 bridgehead atoms. The van der Waals surface area contributed by atoms with Gasteiger partial charge in [-0.25, -0.2) is 0 Å². The van der Waals surface area contributed by atoms with Crippen molar-refractivity contribution in [3.8, 4) is 5.75 Å². The third-order valence-corrected chi connectivity index (χ3v) is 19.3. The Kier molecular flexibility index (Phi) is 14.4. The Hall–Kier alpha value is -5.49. The number of hydrogen-bond donors (Lipinski definition) is 3. The smallest absolute Gasteiger partial charge is 0.261 e. The van der Waals surface area contributed by atoms with Crippen LogP contribution in [0.25, 0.3) is 11.6 Å². The Morgan fingerprint density at radius 1 is 0.848 bits per heavy atom. The van der Waals surface area contributed by atoms with Crippen molar-refractivity contribution in [1.29, 1.82) is 0 Å². The molecule has 66 heavy (non-hydrogen) atoms. The van der Waals surface area contributed by atoms with Crippen LogP contribution in [-0.2, 0) is 20.6 Å². The quantitative estimate of drug-likeness (QED) is 0.0546. The summed E-state index contributed by atoms with van der Waals surface area (Å²) in [6.07, 6.45) is 5.07. The van der Waals surface area contributed by atoms with E-state index in [1.165, 1.54) is 10.5 Å². The molecule has 2 amide bonds. The molecule has 1 aromatic heterocycles. The van der Waals surface area contributed by atoms with Gasteiger partial charge in [-0.2, -0.15) is 0 Å². The maximum atomic E-state index is 14.8. The monoisotopic (exact) mass is 903 g/mol. The summed E-state index contributed by atoms with van der Waals surface area (Å²) in [4.78, 5) is 38.2. The first-order chi connectivity index (χ1) is 31.8. The van der Waals surface area contributed by atoms with Gasteiger partial charge in [-0.05, 0) is 131 Å². The van der Waals surface area contributed by atoms with Crippen molar-refractivity contribution in [2.45, 2.75) is 90.5 Å². The van der Waals surface area contributed by atoms with E-state index >= 15 is 0 Å². The molecule has 3 N–H and O–H groups in total. The second-order valence-electron chi connectivity index (χ2n) is 19.6. The minimum atomic E-state index is -3.09. The number of imide groups is 1. The highest BCUT2D eigenvalue weighted by Gasteiger charge is 2.57. The highest BCUT2D eigenvalue weighted by atomic mass is 28.4. The molecule has 0 saturated carbocycles. The van der Waals surface area contributed by atoms with E-state index in [-0.39, 0.29) is 48.1 Å². The van der Waals surface area contributed by atoms with Crippen LogP contribution in [-0.4, -0.2) is 88.7 Å². The van der Waals surface area contributed by atoms with E-state index in [2.05, 4.69) is 68.1 Å². The normalized spacial score (nSPS) is 20.5. The zero-order valence-electron chi connectivity index (χ0n) is 39.1. The van der Waals surface area contributed by atoms with Gasteiger partial charge in [0.05, 0.1) is 36.8 Å². The van der Waals surface area contributed by atoms with E-state index in [4.69, 9.17) is 9.41 Å². The van der Waals surface area contributed by atoms with Gasteiger partial charge in [0.15, 0.2) is 0 Å². The fourth-order valence-corrected chi connectivity index (χ4v) is 15.7. The molecule has 5 aromatic rings. The van der Waals surface area contributed by atoms with E-state index in [0.717, 1.165) is 63.5 Å². The zero-order chi connectivity index (χ0) is 46.6. The first-order valence-electron chi connectivity index (χ1n) is 23.6. The summed E-state index contributed by atoms with van der Waals surface area (Å²) in [6, 6.07) is 40.6. The van der Waals surface area contributed by atoms with Crippen LogP contribution in [0.1, 0.15) is 80.8 Å². The number of phenols is 1. The zero-order valence-corrected chi connectivity index (χ0v) is 40.1. The number of amides is 2. The lowest BCUT2D eigenvalue weighted by atomic mass is 9.68. The Bertz CT molecular complexity index is 2470. The lowest BCUT2D eigenvalue weighted by molar-refractivity contribution is -0.144. The Balaban J connectivity index is 1.15. The van der Waals surface area contributed by atoms with Crippen LogP contribution in [0.5, 0.6) is 5.75 Å². The van der Waals surface area contributed by atoms with E-state index < -0.39 is 38.8 Å². The number of nitrogens with zero attached hydrogens (tertiary/aromatic N) is 3. The molecular formula is C56H65N3O6Si. The summed E-state index contributed by atoms with van der Waals surface area (Å²) in [5, 5.41) is 36.6. The van der Waals surface area contributed by atoms with Gasteiger partial charge in [0.25, 0.3) is 8.32 Å². The number of aliphatic hydroxyl groups is 2. The van der Waals surface area contributed by atoms with Crippen molar-refractivity contribution in [1.82, 2.24) is 14.8 Å². The van der Waals surface area contributed by atoms with Gasteiger partial charge in [-0.1, -0.05) is 118 Å². The van der Waals surface area contributed by atoms with Crippen molar-refractivity contribution in [2.75, 3.05) is 26.3 Å². The molecule has 8 rings (SSSR count). The van der Waals surface area contributed by atoms with Crippen LogP contribution in [0.3, 0.4) is 0 Å². The second-order valence-corrected chi connectivity index (χ2v) is 23.9. The first kappa shape index (κ1) is 47.0. The molecule has 10 heteroatoms. The van der Waals surface area contributed by atoms with Crippen molar-refractivity contribution >= 4 is 42.2 Å². The van der Waals surface area contributed by atoms with Gasteiger partial charge >= 0.3 is 0 Å². The van der Waals surface area contributed by atoms with Crippen molar-refractivity contribution in [3.05, 3.63) is 167 Å². The van der Waals surface area contributed by atoms with Crippen LogP contribution in [0.2, 0.25) is 5.04 Å². The number of allylic oxidation sites excluding steroid dienone is 1. The number of aryl methyl sites for hydroxylation is 2. The summed E-state index contributed by atoms with van der Waals surface area (Å²) in [5.74, 6) is -2.40. The molecule has 0 radical (unpaired) electrons. The molecule has 9 nitrogen and oxygen atoms in total. The molecular weight excluding hydrogens is 839 g/mol. The third-order valence-electron chi connectivity index (χ3n) is 14.4. The highest BCUT2D eigenvalue weighted by Crippen LogP contribution is 2.48. The van der Waals surface area contributed by atoms with E-state index in [0.29, 0.717) is 24.8 Å². The van der Waals surface area contributed by atoms with Crippen molar-refractivity contribution in [2.24, 2.45) is 17.8 Å². The van der Waals surface area contributed by atoms with Crippen LogP contribution < -0.4 is 10.4 Å². The van der Waals surface area contributed by atoms with E-state index in [1.54, 1.807) is 6.20 Å². The molecule has 3 heterocycles. The summed E-state index contributed by atoms with van der Waals surface area (Å²) >= 11 is 0. The topological polar surface area (TPSA) is 123 Å². The van der Waals surface area contributed by atoms with Crippen LogP contribution in [0.4, 0.5) is 0 Å². The minimum absolute atomic E-state index is 0.133. The number of aromatic nitrogens is 1. The number of rotatable bonds is 15. The van der Waals surface area contributed by atoms with Gasteiger partial charge in [-0.15, -0.1) is 0 Å². The first-order valence-corrected chi connectivity index (χ1v) is 25.5. The fourth-order valence-electron chi connectivity index (χ4n) is 11.2. The van der Waals surface area contributed by atoms with Crippen molar-refractivity contribution in [3.63, 3.8) is 0 Å². The van der Waals surface area contributed by atoms with Gasteiger partial charge in [-0.3, -0.25) is 24.4 Å². The highest BCUT2D eigenvalue weighted by molar-refractivity contribution is 6.99. The minimum Gasteiger partial charge on any atom is -0.507 e. The number of piperidine rings is 1. The van der Waals surface area contributed by atoms with Crippen LogP contribution >= 0.6 is 0 Å². The number of aliphatic hydroxyl groups excluding tert-OH is 2. The number of hydrogen-bond acceptors (Lipinski definition) is 8. The molecule has 0 unspecified atom stereocenters. The summed E-state index contributed by atoms with van der Waals surface area (Å²) in [5.41, 5.74) is 6.73. The standard InChI is InChI=1S/C56H65N3O6Si/c1-38-31-41(32-39(2)53(38)62)33-42(49-23-15-16-28-57-49)24-25-50(61)51-43(37-65-66(56(3,4)5,45-19-11-7-12-20-45)46-21-13-8-14-22-46)34-47-52(48(51)36-60)55(64)59(54(47)63)44-26-29-58(30-27-44)35-40-17-9-6-10-18-40/h6-23,28,31-33,44,47-48,50,52,60-62H,24-27,29-30,34-37H2,1-5H3/b42-33-/t47-,48+,50-,52-/m1/s1. The maximum absolute atomic E-state index is 14.8. The summed E-state index contributed by atoms with van der Waals surface area (Å²) in [7, 11) is -3.09. The Morgan fingerprint density at radius 2 is 1.44 bits per heavy atom. The molecule has 2 fully saturated rings. The lowest BCUT2D eigenvalue weighted by Crippen LogP contribution is -2.66. The Morgan fingerprint density at radius 3 is 2.00 bits per heavy atom. The number of pyridine rings is 1. The number of likely N-dealkylation sites (tertiary alicyclic amines) is 2. The molecule has 1 aliphatic carbocycles. The number of carbonyl (C=O) groups excluding carboxylic acids is 2. The van der Waals surface area contributed by atoms with E-state index in [9.17, 15) is 24.9 Å². The fraction of sp³-hybridized carbons (Fsp3) is 0.375. The largest absolute Gasteiger partial charge is 0.507 e. The Labute approximate surface area is 391 Å². The summed E-state index contributed by atoms with van der Waals surface area (Å²) < 4.78 is 7.53. The average Bonchev–Trinajstić information content (AvgIpc) is 3.58. The number of phenolic OH excluding ortho intramolecular Hbond substituents is 1. The number of aromatic hydroxyl groups is 1. The summed E-state index contributed by atoms with van der Waals surface area (Å²) in [6.45, 7) is 12.5. The molecule has 2 aliphatic heterocycles. The van der Waals surface area contributed by atoms with Crippen LogP contribution in [0, 0.1) is 31.6 Å². The van der Waals surface area contributed by atoms with Gasteiger partial charge < -0.3 is 19.7 Å². The predicted octanol–water partition coefficient (Wildman–Crippen LogP) is 8.24. The number of fused-ring (bicyclic) bond motifs is 1. The number of carbonyl (C=O) groups is 2. The van der Waals surface area contributed by atoms with Gasteiger partial charge in [0.1, 0.15) is 5.75 Å². The molecule has 4 aromatic carbocycles. The molecule has 344 valence electrons. The van der Waals surface area contributed by atoms with E-state index in [1.807, 2.05) is 98.8 Å². The third kappa shape index (κ3) is 9.53. The molecule has 2 saturated heterocycles. The lowest BCUT2D eigenvalue weighted by Gasteiger charge is -2.44. The predicted molar refractivity (Wildman–Crippen MR) is 264 cm³/mol. The second kappa shape index (κ2) is 20.2. The molecule has 4 atom stereocenters. The maximum Gasteiger partial charge on any atom is 0.261 e. The number of benzene rings is 4. The van der Waals surface area contributed by atoms with Crippen molar-refractivity contribution < 1.29 is 29.3 Å². The van der Waals surface area contributed by atoms with Gasteiger partial charge in [0.2, 0.25) is 11.8 Å². The molecule has 3 aliphatic rings. The SMILES string of the molecule is Cc1cc(/C=C(/CC[C@@H](O)C2=C(CO[Si](c3ccccc3)(c3ccccc3)C(C)(C)C)C[C@H]3C(=O)N(C4CCN(Cc5ccccc5)CC4)C(=O)[C@H]3[C@H]2CO)c2ccccn2)cc(C)c1O. The van der Waals surface area contributed by atoms with Gasteiger partial charge in [0, 0.05) is 37.8 Å². The molecule has 0 spiro atoms. The van der Waals surface area contributed by atoms with Crippen LogP contribution in [0.15, 0.2) is 139 Å². The average molecular weight is 904 g/mol.